The summed E-state index contributed by atoms with van der Waals surface area (Å²) in [6.45, 7) is 4.47. The van der Waals surface area contributed by atoms with E-state index in [-0.39, 0.29) is 5.91 Å². The zero-order valence-electron chi connectivity index (χ0n) is 11.2. The Morgan fingerprint density at radius 1 is 1.37 bits per heavy atom. The number of hydrogen-bond acceptors (Lipinski definition) is 3. The van der Waals surface area contributed by atoms with Crippen molar-refractivity contribution in [1.29, 1.82) is 0 Å². The van der Waals surface area contributed by atoms with Gasteiger partial charge in [-0.15, -0.1) is 0 Å². The molecule has 3 N–H and O–H groups in total. The lowest BCUT2D eigenvalue weighted by molar-refractivity contribution is -0.116. The molecule has 0 saturated heterocycles. The monoisotopic (exact) mass is 258 g/mol. The van der Waals surface area contributed by atoms with Gasteiger partial charge in [0.15, 0.2) is 0 Å². The van der Waals surface area contributed by atoms with Gasteiger partial charge in [-0.3, -0.25) is 9.48 Å². The van der Waals surface area contributed by atoms with E-state index < -0.39 is 0 Å². The first-order chi connectivity index (χ1) is 9.06. The van der Waals surface area contributed by atoms with Gasteiger partial charge >= 0.3 is 0 Å². The molecule has 1 amide bonds. The number of anilines is 2. The van der Waals surface area contributed by atoms with Gasteiger partial charge in [-0.25, -0.2) is 0 Å². The molecule has 19 heavy (non-hydrogen) atoms. The lowest BCUT2D eigenvalue weighted by Gasteiger charge is -2.09. The Morgan fingerprint density at radius 3 is 2.79 bits per heavy atom. The maximum atomic E-state index is 11.9. The van der Waals surface area contributed by atoms with Gasteiger partial charge in [0, 0.05) is 36.2 Å². The number of hydrogen-bond donors (Lipinski definition) is 2. The number of nitrogens with zero attached hydrogens (tertiary/aromatic N) is 2. The molecule has 2 rings (SSSR count). The minimum absolute atomic E-state index is 0.0252. The largest absolute Gasteiger partial charge is 0.399 e. The molecule has 0 saturated carbocycles. The fourth-order valence-corrected chi connectivity index (χ4v) is 1.88. The van der Waals surface area contributed by atoms with Crippen molar-refractivity contribution in [3.63, 3.8) is 0 Å². The lowest BCUT2D eigenvalue weighted by Crippen LogP contribution is -2.16. The summed E-state index contributed by atoms with van der Waals surface area (Å²) in [5.74, 6) is -0.0252. The summed E-state index contributed by atoms with van der Waals surface area (Å²) < 4.78 is 1.81. The average molecular weight is 258 g/mol. The molecule has 5 heteroatoms. The average Bonchev–Trinajstić information content (AvgIpc) is 2.76. The standard InChI is InChI=1S/C14H18N4O/c1-10-9-12(15)3-4-13(10)17-14(19)6-8-18-11(2)5-7-16-18/h3-5,7,9H,6,8,15H2,1-2H3,(H,17,19). The van der Waals surface area contributed by atoms with Crippen molar-refractivity contribution < 1.29 is 4.79 Å². The number of aromatic nitrogens is 2. The van der Waals surface area contributed by atoms with Gasteiger partial charge < -0.3 is 11.1 Å². The van der Waals surface area contributed by atoms with Gasteiger partial charge in [-0.05, 0) is 43.7 Å². The first kappa shape index (κ1) is 13.1. The second-order valence-electron chi connectivity index (χ2n) is 4.57. The molecule has 0 aliphatic rings. The molecular weight excluding hydrogens is 240 g/mol. The molecule has 0 fully saturated rings. The SMILES string of the molecule is Cc1cc(N)ccc1NC(=O)CCn1nccc1C. The Kier molecular flexibility index (Phi) is 3.85. The van der Waals surface area contributed by atoms with Gasteiger partial charge in [0.25, 0.3) is 0 Å². The highest BCUT2D eigenvalue weighted by molar-refractivity contribution is 5.91. The van der Waals surface area contributed by atoms with Crippen LogP contribution in [0.4, 0.5) is 11.4 Å². The van der Waals surface area contributed by atoms with Crippen LogP contribution in [0.5, 0.6) is 0 Å². The molecule has 0 bridgehead atoms. The van der Waals surface area contributed by atoms with E-state index in [2.05, 4.69) is 10.4 Å². The molecule has 5 nitrogen and oxygen atoms in total. The maximum absolute atomic E-state index is 11.9. The van der Waals surface area contributed by atoms with Crippen LogP contribution < -0.4 is 11.1 Å². The molecule has 0 aliphatic heterocycles. The predicted octanol–water partition coefficient (Wildman–Crippen LogP) is 2.11. The first-order valence-electron chi connectivity index (χ1n) is 6.20. The number of aryl methyl sites for hydroxylation is 3. The summed E-state index contributed by atoms with van der Waals surface area (Å²) >= 11 is 0. The van der Waals surface area contributed by atoms with Crippen LogP contribution in [0.15, 0.2) is 30.5 Å². The van der Waals surface area contributed by atoms with Crippen LogP contribution in [0, 0.1) is 13.8 Å². The second kappa shape index (κ2) is 5.56. The molecule has 0 radical (unpaired) electrons. The minimum Gasteiger partial charge on any atom is -0.399 e. The van der Waals surface area contributed by atoms with Crippen LogP contribution >= 0.6 is 0 Å². The van der Waals surface area contributed by atoms with E-state index in [9.17, 15) is 4.79 Å². The molecule has 1 aromatic heterocycles. The van der Waals surface area contributed by atoms with Gasteiger partial charge in [0.2, 0.25) is 5.91 Å². The minimum atomic E-state index is -0.0252. The maximum Gasteiger partial charge on any atom is 0.226 e. The van der Waals surface area contributed by atoms with Crippen LogP contribution in [0.25, 0.3) is 0 Å². The quantitative estimate of drug-likeness (QED) is 0.825. The van der Waals surface area contributed by atoms with Gasteiger partial charge in [-0.1, -0.05) is 0 Å². The van der Waals surface area contributed by atoms with Crippen LogP contribution in [0.3, 0.4) is 0 Å². The highest BCUT2D eigenvalue weighted by Gasteiger charge is 2.06. The summed E-state index contributed by atoms with van der Waals surface area (Å²) in [5, 5.41) is 7.03. The summed E-state index contributed by atoms with van der Waals surface area (Å²) in [7, 11) is 0. The molecule has 1 aromatic carbocycles. The van der Waals surface area contributed by atoms with Crippen LogP contribution in [-0.2, 0) is 11.3 Å². The molecule has 100 valence electrons. The number of carbonyl (C=O) groups excluding carboxylic acids is 1. The Bertz CT molecular complexity index is 589. The zero-order valence-corrected chi connectivity index (χ0v) is 11.2. The Morgan fingerprint density at radius 2 is 2.16 bits per heavy atom. The van der Waals surface area contributed by atoms with Crippen molar-refractivity contribution in [3.8, 4) is 0 Å². The van der Waals surface area contributed by atoms with Gasteiger partial charge in [-0.2, -0.15) is 5.10 Å². The van der Waals surface area contributed by atoms with E-state index in [1.807, 2.05) is 36.7 Å². The molecule has 0 atom stereocenters. The van der Waals surface area contributed by atoms with E-state index in [0.29, 0.717) is 18.7 Å². The van der Waals surface area contributed by atoms with Crippen molar-refractivity contribution in [2.75, 3.05) is 11.1 Å². The van der Waals surface area contributed by atoms with E-state index in [1.165, 1.54) is 0 Å². The molecule has 2 aromatic rings. The molecule has 0 aliphatic carbocycles. The molecule has 0 unspecified atom stereocenters. The third-order valence-corrected chi connectivity index (χ3v) is 3.00. The third kappa shape index (κ3) is 3.34. The van der Waals surface area contributed by atoms with Crippen LogP contribution in [-0.4, -0.2) is 15.7 Å². The number of nitrogens with two attached hydrogens (primary N) is 1. The fraction of sp³-hybridized carbons (Fsp3) is 0.286. The van der Waals surface area contributed by atoms with E-state index in [1.54, 1.807) is 12.3 Å². The van der Waals surface area contributed by atoms with Crippen LogP contribution in [0.1, 0.15) is 17.7 Å². The normalized spacial score (nSPS) is 10.4. The second-order valence-corrected chi connectivity index (χ2v) is 4.57. The molecule has 1 heterocycles. The Hall–Kier alpha value is -2.30. The van der Waals surface area contributed by atoms with E-state index in [0.717, 1.165) is 16.9 Å². The molecular formula is C14H18N4O. The topological polar surface area (TPSA) is 72.9 Å². The number of nitrogens with one attached hydrogen (secondary N) is 1. The van der Waals surface area contributed by atoms with Crippen molar-refractivity contribution in [1.82, 2.24) is 9.78 Å². The summed E-state index contributed by atoms with van der Waals surface area (Å²) in [6.07, 6.45) is 2.13. The Balaban J connectivity index is 1.93. The number of amides is 1. The van der Waals surface area contributed by atoms with Gasteiger partial charge in [0.05, 0.1) is 0 Å². The van der Waals surface area contributed by atoms with Crippen molar-refractivity contribution in [3.05, 3.63) is 41.7 Å². The first-order valence-corrected chi connectivity index (χ1v) is 6.20. The van der Waals surface area contributed by atoms with Crippen molar-refractivity contribution in [2.24, 2.45) is 0 Å². The smallest absolute Gasteiger partial charge is 0.226 e. The lowest BCUT2D eigenvalue weighted by atomic mass is 10.2. The summed E-state index contributed by atoms with van der Waals surface area (Å²) in [6, 6.07) is 7.36. The number of carbonyl (C=O) groups is 1. The zero-order chi connectivity index (χ0) is 13.8. The van der Waals surface area contributed by atoms with Crippen molar-refractivity contribution in [2.45, 2.75) is 26.8 Å². The van der Waals surface area contributed by atoms with Gasteiger partial charge in [0.1, 0.15) is 0 Å². The number of benzene rings is 1. The highest BCUT2D eigenvalue weighted by Crippen LogP contribution is 2.17. The summed E-state index contributed by atoms with van der Waals surface area (Å²) in [4.78, 5) is 11.9. The number of rotatable bonds is 4. The van der Waals surface area contributed by atoms with E-state index >= 15 is 0 Å². The Labute approximate surface area is 112 Å². The highest BCUT2D eigenvalue weighted by atomic mass is 16.1. The predicted molar refractivity (Wildman–Crippen MR) is 75.8 cm³/mol. The third-order valence-electron chi connectivity index (χ3n) is 3.00. The van der Waals surface area contributed by atoms with Crippen LogP contribution in [0.2, 0.25) is 0 Å². The summed E-state index contributed by atoms with van der Waals surface area (Å²) in [5.41, 5.74) is 9.19. The fourth-order valence-electron chi connectivity index (χ4n) is 1.88. The number of nitrogen functional groups attached to an aromatic ring is 1. The van der Waals surface area contributed by atoms with Crippen molar-refractivity contribution >= 4 is 17.3 Å². The molecule has 0 spiro atoms. The van der Waals surface area contributed by atoms with E-state index in [4.69, 9.17) is 5.73 Å².